The Morgan fingerprint density at radius 1 is 1.46 bits per heavy atom. The highest BCUT2D eigenvalue weighted by molar-refractivity contribution is 5.12. The van der Waals surface area contributed by atoms with E-state index in [-0.39, 0.29) is 5.83 Å². The molecule has 2 nitrogen and oxygen atoms in total. The molecule has 13 heavy (non-hydrogen) atoms. The van der Waals surface area contributed by atoms with Crippen LogP contribution in [0.2, 0.25) is 0 Å². The van der Waals surface area contributed by atoms with Crippen molar-refractivity contribution >= 4 is 0 Å². The molecule has 1 saturated heterocycles. The molecule has 0 saturated carbocycles. The lowest BCUT2D eigenvalue weighted by atomic mass is 10.0. The summed E-state index contributed by atoms with van der Waals surface area (Å²) in [6.45, 7) is 6.29. The molecule has 0 unspecified atom stereocenters. The van der Waals surface area contributed by atoms with Crippen LogP contribution in [0.4, 0.5) is 4.39 Å². The van der Waals surface area contributed by atoms with Gasteiger partial charge in [0.2, 0.25) is 0 Å². The molecule has 0 spiro atoms. The van der Waals surface area contributed by atoms with Gasteiger partial charge in [0.05, 0.1) is 0 Å². The highest BCUT2D eigenvalue weighted by atomic mass is 19.1. The van der Waals surface area contributed by atoms with E-state index in [0.29, 0.717) is 12.6 Å². The molecule has 3 heteroatoms. The van der Waals surface area contributed by atoms with Gasteiger partial charge in [0, 0.05) is 12.6 Å². The topological polar surface area (TPSA) is 24.1 Å². The summed E-state index contributed by atoms with van der Waals surface area (Å²) in [6, 6.07) is 0.355. The minimum absolute atomic E-state index is 0.0511. The van der Waals surface area contributed by atoms with Gasteiger partial charge >= 0.3 is 0 Å². The Hall–Kier alpha value is -0.410. The fraction of sp³-hybridized carbons (Fsp3) is 0.800. The summed E-state index contributed by atoms with van der Waals surface area (Å²) >= 11 is 0. The third kappa shape index (κ3) is 3.87. The summed E-state index contributed by atoms with van der Waals surface area (Å²) in [4.78, 5) is 0. The van der Waals surface area contributed by atoms with Gasteiger partial charge in [-0.15, -0.1) is 0 Å². The highest BCUT2D eigenvalue weighted by Crippen LogP contribution is 2.16. The van der Waals surface area contributed by atoms with Crippen molar-refractivity contribution < 1.29 is 4.39 Å². The highest BCUT2D eigenvalue weighted by Gasteiger charge is 2.10. The van der Waals surface area contributed by atoms with Gasteiger partial charge in [-0.3, -0.25) is 0 Å². The molecule has 0 bridgehead atoms. The van der Waals surface area contributed by atoms with Crippen LogP contribution < -0.4 is 10.6 Å². The van der Waals surface area contributed by atoms with Crippen LogP contribution >= 0.6 is 0 Å². The molecule has 0 aliphatic carbocycles. The molecule has 1 aliphatic rings. The molecule has 1 aliphatic heterocycles. The summed E-state index contributed by atoms with van der Waals surface area (Å²) in [7, 11) is 0. The monoisotopic (exact) mass is 186 g/mol. The van der Waals surface area contributed by atoms with E-state index in [1.165, 1.54) is 0 Å². The summed E-state index contributed by atoms with van der Waals surface area (Å²) in [5.41, 5.74) is 0.992. The van der Waals surface area contributed by atoms with Crippen LogP contribution in [0.5, 0.6) is 0 Å². The smallest absolute Gasteiger partial charge is 0.113 e. The van der Waals surface area contributed by atoms with E-state index in [0.717, 1.165) is 31.5 Å². The first kappa shape index (κ1) is 10.7. The Balaban J connectivity index is 2.37. The maximum atomic E-state index is 13.4. The van der Waals surface area contributed by atoms with Crippen molar-refractivity contribution in [2.75, 3.05) is 19.6 Å². The lowest BCUT2D eigenvalue weighted by molar-refractivity contribution is 0.502. The predicted molar refractivity (Wildman–Crippen MR) is 53.4 cm³/mol. The average Bonchev–Trinajstić information content (AvgIpc) is 2.15. The van der Waals surface area contributed by atoms with Crippen LogP contribution in [0.1, 0.15) is 26.7 Å². The SMILES string of the molecule is CC(C)NCC(F)=C1CCNCC1. The van der Waals surface area contributed by atoms with Crippen LogP contribution in [-0.2, 0) is 0 Å². The second-order valence-corrected chi connectivity index (χ2v) is 3.79. The average molecular weight is 186 g/mol. The van der Waals surface area contributed by atoms with Gasteiger partial charge in [-0.2, -0.15) is 0 Å². The van der Waals surface area contributed by atoms with E-state index in [4.69, 9.17) is 0 Å². The lowest BCUT2D eigenvalue weighted by Crippen LogP contribution is -2.27. The van der Waals surface area contributed by atoms with Gasteiger partial charge in [0.25, 0.3) is 0 Å². The number of hydrogen-bond acceptors (Lipinski definition) is 2. The van der Waals surface area contributed by atoms with Crippen molar-refractivity contribution in [1.29, 1.82) is 0 Å². The molecule has 2 N–H and O–H groups in total. The van der Waals surface area contributed by atoms with Crippen LogP contribution in [0.25, 0.3) is 0 Å². The predicted octanol–water partition coefficient (Wildman–Crippen LogP) is 1.59. The minimum Gasteiger partial charge on any atom is -0.316 e. The Labute approximate surface area is 79.6 Å². The maximum absolute atomic E-state index is 13.4. The van der Waals surface area contributed by atoms with Crippen LogP contribution in [0.3, 0.4) is 0 Å². The molecule has 0 aromatic heterocycles. The molecule has 0 radical (unpaired) electrons. The second-order valence-electron chi connectivity index (χ2n) is 3.79. The third-order valence-corrected chi connectivity index (χ3v) is 2.26. The first-order chi connectivity index (χ1) is 6.20. The van der Waals surface area contributed by atoms with Gasteiger partial charge in [0.1, 0.15) is 5.83 Å². The Morgan fingerprint density at radius 2 is 2.08 bits per heavy atom. The number of piperidine rings is 1. The summed E-state index contributed by atoms with van der Waals surface area (Å²) in [6.07, 6.45) is 1.73. The molecule has 76 valence electrons. The molecule has 1 rings (SSSR count). The molecule has 0 aromatic carbocycles. The Morgan fingerprint density at radius 3 is 2.62 bits per heavy atom. The van der Waals surface area contributed by atoms with Crippen LogP contribution in [-0.4, -0.2) is 25.7 Å². The summed E-state index contributed by atoms with van der Waals surface area (Å²) < 4.78 is 13.4. The molecule has 1 heterocycles. The fourth-order valence-electron chi connectivity index (χ4n) is 1.42. The molecule has 0 atom stereocenters. The Bertz CT molecular complexity index is 179. The lowest BCUT2D eigenvalue weighted by Gasteiger charge is -2.17. The van der Waals surface area contributed by atoms with Gasteiger partial charge < -0.3 is 10.6 Å². The van der Waals surface area contributed by atoms with Crippen molar-refractivity contribution in [2.45, 2.75) is 32.7 Å². The Kier molecular flexibility index (Phi) is 4.39. The fourth-order valence-corrected chi connectivity index (χ4v) is 1.42. The van der Waals surface area contributed by atoms with Crippen molar-refractivity contribution in [3.8, 4) is 0 Å². The van der Waals surface area contributed by atoms with Crippen molar-refractivity contribution in [1.82, 2.24) is 10.6 Å². The standard InChI is InChI=1S/C10H19FN2/c1-8(2)13-7-10(11)9-3-5-12-6-4-9/h8,12-13H,3-7H2,1-2H3. The van der Waals surface area contributed by atoms with Gasteiger partial charge in [-0.05, 0) is 31.5 Å². The molecular formula is C10H19FN2. The summed E-state index contributed by atoms with van der Waals surface area (Å²) in [5, 5.41) is 6.30. The zero-order chi connectivity index (χ0) is 9.68. The van der Waals surface area contributed by atoms with Crippen molar-refractivity contribution in [3.05, 3.63) is 11.4 Å². The van der Waals surface area contributed by atoms with E-state index in [1.807, 2.05) is 13.8 Å². The molecule has 0 amide bonds. The van der Waals surface area contributed by atoms with E-state index in [1.54, 1.807) is 0 Å². The van der Waals surface area contributed by atoms with E-state index in [9.17, 15) is 4.39 Å². The number of hydrogen-bond donors (Lipinski definition) is 2. The van der Waals surface area contributed by atoms with Gasteiger partial charge in [-0.1, -0.05) is 13.8 Å². The molecule has 0 aromatic rings. The molecule has 1 fully saturated rings. The van der Waals surface area contributed by atoms with Crippen LogP contribution in [0, 0.1) is 0 Å². The zero-order valence-corrected chi connectivity index (χ0v) is 8.49. The van der Waals surface area contributed by atoms with E-state index >= 15 is 0 Å². The number of nitrogens with one attached hydrogen (secondary N) is 2. The van der Waals surface area contributed by atoms with E-state index in [2.05, 4.69) is 10.6 Å². The van der Waals surface area contributed by atoms with Crippen molar-refractivity contribution in [2.24, 2.45) is 0 Å². The quantitative estimate of drug-likeness (QED) is 0.699. The molecular weight excluding hydrogens is 167 g/mol. The third-order valence-electron chi connectivity index (χ3n) is 2.26. The number of halogens is 1. The maximum Gasteiger partial charge on any atom is 0.113 e. The van der Waals surface area contributed by atoms with E-state index < -0.39 is 0 Å². The summed E-state index contributed by atoms with van der Waals surface area (Å²) in [5.74, 6) is 0.0511. The zero-order valence-electron chi connectivity index (χ0n) is 8.49. The minimum atomic E-state index is 0.0511. The largest absolute Gasteiger partial charge is 0.316 e. The van der Waals surface area contributed by atoms with Crippen molar-refractivity contribution in [3.63, 3.8) is 0 Å². The second kappa shape index (κ2) is 5.35. The first-order valence-electron chi connectivity index (χ1n) is 5.00. The van der Waals surface area contributed by atoms with Crippen LogP contribution in [0.15, 0.2) is 11.4 Å². The number of rotatable bonds is 3. The normalized spacial score (nSPS) is 18.0. The first-order valence-corrected chi connectivity index (χ1v) is 5.00. The van der Waals surface area contributed by atoms with Gasteiger partial charge in [-0.25, -0.2) is 4.39 Å². The van der Waals surface area contributed by atoms with Gasteiger partial charge in [0.15, 0.2) is 0 Å².